The number of likely N-dealkylation sites (tertiary alicyclic amines) is 1. The number of aromatic hydroxyl groups is 1. The van der Waals surface area contributed by atoms with Crippen molar-refractivity contribution in [3.63, 3.8) is 0 Å². The van der Waals surface area contributed by atoms with Crippen LogP contribution in [0.5, 0.6) is 5.88 Å². The molecule has 0 aromatic carbocycles. The molecule has 1 aliphatic rings. The Hall–Kier alpha value is -0.810. The summed E-state index contributed by atoms with van der Waals surface area (Å²) in [5, 5.41) is 11.7. The Morgan fingerprint density at radius 1 is 1.53 bits per heavy atom. The Bertz CT molecular complexity index is 309. The number of aromatic nitrogens is 1. The highest BCUT2D eigenvalue weighted by Crippen LogP contribution is 2.22. The van der Waals surface area contributed by atoms with Crippen molar-refractivity contribution in [1.29, 1.82) is 0 Å². The average Bonchev–Trinajstić information content (AvgIpc) is 2.84. The van der Waals surface area contributed by atoms with E-state index in [4.69, 9.17) is 5.11 Å². The van der Waals surface area contributed by atoms with Gasteiger partial charge < -0.3 is 14.9 Å². The summed E-state index contributed by atoms with van der Waals surface area (Å²) in [5.74, 6) is 0.128. The second kappa shape index (κ2) is 4.81. The smallest absolute Gasteiger partial charge is 0.223 e. The van der Waals surface area contributed by atoms with Crippen LogP contribution in [0, 0.1) is 0 Å². The molecule has 1 aromatic rings. The number of anilines is 1. The van der Waals surface area contributed by atoms with Gasteiger partial charge in [0.25, 0.3) is 0 Å². The molecule has 15 heavy (non-hydrogen) atoms. The molecule has 0 unspecified atom stereocenters. The van der Waals surface area contributed by atoms with Crippen molar-refractivity contribution in [2.24, 2.45) is 0 Å². The molecule has 1 aliphatic heterocycles. The predicted molar refractivity (Wildman–Crippen MR) is 62.7 cm³/mol. The van der Waals surface area contributed by atoms with Crippen molar-refractivity contribution in [3.8, 4) is 5.88 Å². The van der Waals surface area contributed by atoms with Crippen LogP contribution in [0.4, 0.5) is 5.13 Å². The Morgan fingerprint density at radius 2 is 2.27 bits per heavy atom. The second-order valence-corrected chi connectivity index (χ2v) is 4.80. The highest BCUT2D eigenvalue weighted by atomic mass is 32.1. The van der Waals surface area contributed by atoms with Gasteiger partial charge in [-0.05, 0) is 25.9 Å². The summed E-state index contributed by atoms with van der Waals surface area (Å²) in [6.45, 7) is 4.54. The van der Waals surface area contributed by atoms with Gasteiger partial charge in [0, 0.05) is 20.1 Å². The molecule has 0 bridgehead atoms. The zero-order valence-electron chi connectivity index (χ0n) is 9.02. The molecule has 84 valence electrons. The number of hydrogen-bond acceptors (Lipinski definition) is 5. The number of hydrogen-bond donors (Lipinski definition) is 1. The lowest BCUT2D eigenvalue weighted by atomic mass is 10.4. The molecule has 1 aromatic heterocycles. The van der Waals surface area contributed by atoms with Crippen molar-refractivity contribution in [2.75, 3.05) is 38.1 Å². The molecule has 1 saturated heterocycles. The lowest BCUT2D eigenvalue weighted by Crippen LogP contribution is -2.31. The fraction of sp³-hybridized carbons (Fsp3) is 0.700. The molecule has 0 spiro atoms. The van der Waals surface area contributed by atoms with Crippen molar-refractivity contribution in [2.45, 2.75) is 12.8 Å². The second-order valence-electron chi connectivity index (χ2n) is 3.96. The number of likely N-dealkylation sites (N-methyl/N-ethyl adjacent to an activating group) is 1. The molecule has 5 heteroatoms. The van der Waals surface area contributed by atoms with Gasteiger partial charge in [-0.2, -0.15) is 4.98 Å². The fourth-order valence-electron chi connectivity index (χ4n) is 1.82. The molecular weight excluding hydrogens is 210 g/mol. The van der Waals surface area contributed by atoms with Crippen LogP contribution in [0.3, 0.4) is 0 Å². The molecular formula is C10H17N3OS. The van der Waals surface area contributed by atoms with Crippen LogP contribution in [-0.4, -0.2) is 48.2 Å². The average molecular weight is 227 g/mol. The summed E-state index contributed by atoms with van der Waals surface area (Å²) >= 11 is 1.49. The lowest BCUT2D eigenvalue weighted by molar-refractivity contribution is 0.346. The van der Waals surface area contributed by atoms with E-state index < -0.39 is 0 Å². The number of thiazole rings is 1. The Morgan fingerprint density at radius 3 is 2.87 bits per heavy atom. The SMILES string of the molecule is CN(CCN1CCCC1)c1nc(O)cs1. The summed E-state index contributed by atoms with van der Waals surface area (Å²) in [7, 11) is 2.02. The van der Waals surface area contributed by atoms with Crippen molar-refractivity contribution in [3.05, 3.63) is 5.38 Å². The first-order valence-electron chi connectivity index (χ1n) is 5.34. The molecule has 0 atom stereocenters. The van der Waals surface area contributed by atoms with E-state index in [-0.39, 0.29) is 5.88 Å². The van der Waals surface area contributed by atoms with Crippen molar-refractivity contribution in [1.82, 2.24) is 9.88 Å². The minimum absolute atomic E-state index is 0.128. The van der Waals surface area contributed by atoms with Gasteiger partial charge in [-0.15, -0.1) is 11.3 Å². The highest BCUT2D eigenvalue weighted by molar-refractivity contribution is 7.13. The zero-order chi connectivity index (χ0) is 10.7. The van der Waals surface area contributed by atoms with Gasteiger partial charge in [0.05, 0.1) is 5.38 Å². The first kappa shape index (κ1) is 10.7. The number of nitrogens with zero attached hydrogens (tertiary/aromatic N) is 3. The molecule has 1 fully saturated rings. The third-order valence-corrected chi connectivity index (χ3v) is 3.70. The van der Waals surface area contributed by atoms with Crippen LogP contribution in [0.1, 0.15) is 12.8 Å². The van der Waals surface area contributed by atoms with Gasteiger partial charge in [0.15, 0.2) is 5.13 Å². The van der Waals surface area contributed by atoms with Crippen LogP contribution in [0.25, 0.3) is 0 Å². The van der Waals surface area contributed by atoms with Crippen molar-refractivity contribution >= 4 is 16.5 Å². The van der Waals surface area contributed by atoms with E-state index in [1.807, 2.05) is 7.05 Å². The zero-order valence-corrected chi connectivity index (χ0v) is 9.83. The molecule has 1 N–H and O–H groups in total. The van der Waals surface area contributed by atoms with Crippen LogP contribution >= 0.6 is 11.3 Å². The van der Waals surface area contributed by atoms with Crippen LogP contribution in [0.15, 0.2) is 5.38 Å². The maximum absolute atomic E-state index is 9.14. The minimum Gasteiger partial charge on any atom is -0.493 e. The van der Waals surface area contributed by atoms with Crippen molar-refractivity contribution < 1.29 is 5.11 Å². The summed E-state index contributed by atoms with van der Waals surface area (Å²) < 4.78 is 0. The van der Waals surface area contributed by atoms with E-state index in [2.05, 4.69) is 14.8 Å². The predicted octanol–water partition coefficient (Wildman–Crippen LogP) is 1.38. The van der Waals surface area contributed by atoms with E-state index in [0.717, 1.165) is 18.2 Å². The summed E-state index contributed by atoms with van der Waals surface area (Å²) in [4.78, 5) is 8.61. The van der Waals surface area contributed by atoms with E-state index in [9.17, 15) is 0 Å². The topological polar surface area (TPSA) is 39.6 Å². The molecule has 2 heterocycles. The van der Waals surface area contributed by atoms with E-state index in [1.54, 1.807) is 5.38 Å². The molecule has 2 rings (SSSR count). The van der Waals surface area contributed by atoms with Crippen LogP contribution < -0.4 is 4.90 Å². The first-order chi connectivity index (χ1) is 7.25. The van der Waals surface area contributed by atoms with Gasteiger partial charge in [-0.3, -0.25) is 0 Å². The van der Waals surface area contributed by atoms with Gasteiger partial charge >= 0.3 is 0 Å². The standard InChI is InChI=1S/C10H17N3OS/c1-12(10-11-9(14)8-15-10)6-7-13-4-2-3-5-13/h8,14H,2-7H2,1H3. The third-order valence-electron chi connectivity index (χ3n) is 2.76. The monoisotopic (exact) mass is 227 g/mol. The molecule has 0 amide bonds. The lowest BCUT2D eigenvalue weighted by Gasteiger charge is -2.20. The number of rotatable bonds is 4. The summed E-state index contributed by atoms with van der Waals surface area (Å²) in [5.41, 5.74) is 0. The van der Waals surface area contributed by atoms with Gasteiger partial charge in [0.1, 0.15) is 0 Å². The van der Waals surface area contributed by atoms with E-state index in [0.29, 0.717) is 0 Å². The van der Waals surface area contributed by atoms with Gasteiger partial charge in [-0.1, -0.05) is 0 Å². The molecule has 0 aliphatic carbocycles. The Labute approximate surface area is 94.2 Å². The van der Waals surface area contributed by atoms with Gasteiger partial charge in [0.2, 0.25) is 5.88 Å². The van der Waals surface area contributed by atoms with Crippen LogP contribution in [0.2, 0.25) is 0 Å². The quantitative estimate of drug-likeness (QED) is 0.843. The fourth-order valence-corrected chi connectivity index (χ4v) is 2.51. The van der Waals surface area contributed by atoms with E-state index in [1.165, 1.54) is 37.3 Å². The Kier molecular flexibility index (Phi) is 3.43. The molecule has 0 saturated carbocycles. The minimum atomic E-state index is 0.128. The van der Waals surface area contributed by atoms with Gasteiger partial charge in [-0.25, -0.2) is 0 Å². The maximum atomic E-state index is 9.14. The first-order valence-corrected chi connectivity index (χ1v) is 6.21. The molecule has 4 nitrogen and oxygen atoms in total. The van der Waals surface area contributed by atoms with Crippen LogP contribution in [-0.2, 0) is 0 Å². The third kappa shape index (κ3) is 2.82. The van der Waals surface area contributed by atoms with E-state index >= 15 is 0 Å². The summed E-state index contributed by atoms with van der Waals surface area (Å²) in [6, 6.07) is 0. The maximum Gasteiger partial charge on any atom is 0.223 e. The normalized spacial score (nSPS) is 17.1. The highest BCUT2D eigenvalue weighted by Gasteiger charge is 2.13. The largest absolute Gasteiger partial charge is 0.493 e. The molecule has 0 radical (unpaired) electrons. The Balaban J connectivity index is 1.79. The summed E-state index contributed by atoms with van der Waals surface area (Å²) in [6.07, 6.45) is 2.67.